The molecule has 0 N–H and O–H groups in total. The standard InChI is InChI=1S/C22H26FN3O2/c23-20-7-1-2-8-21(20)25-14-12-24(13-15-25)18-5-3-11-26(17-18)22(27)10-9-19-6-4-16-28-19/h1-2,4,6-10,16,18H,3,5,11-15,17H2/b10-9+/t18-/m1/s1. The number of piperazine rings is 1. The average Bonchev–Trinajstić information content (AvgIpc) is 3.26. The maximum absolute atomic E-state index is 14.0. The SMILES string of the molecule is O=C(/C=C/c1ccco1)N1CCC[C@@H](N2CCN(c3ccccc3F)CC2)C1. The first-order valence-corrected chi connectivity index (χ1v) is 9.95. The highest BCUT2D eigenvalue weighted by Gasteiger charge is 2.29. The van der Waals surface area contributed by atoms with Crippen molar-refractivity contribution in [3.8, 4) is 0 Å². The van der Waals surface area contributed by atoms with Gasteiger partial charge in [-0.3, -0.25) is 9.69 Å². The number of anilines is 1. The van der Waals surface area contributed by atoms with Crippen molar-refractivity contribution in [1.82, 2.24) is 9.80 Å². The number of amides is 1. The van der Waals surface area contributed by atoms with E-state index in [1.165, 1.54) is 6.07 Å². The van der Waals surface area contributed by atoms with Crippen LogP contribution in [0.25, 0.3) is 6.08 Å². The zero-order valence-corrected chi connectivity index (χ0v) is 16.0. The third kappa shape index (κ3) is 4.28. The van der Waals surface area contributed by atoms with Crippen molar-refractivity contribution in [1.29, 1.82) is 0 Å². The molecule has 28 heavy (non-hydrogen) atoms. The van der Waals surface area contributed by atoms with Crippen LogP contribution in [0.5, 0.6) is 0 Å². The Labute approximate surface area is 165 Å². The first kappa shape index (κ1) is 18.7. The second-order valence-corrected chi connectivity index (χ2v) is 7.40. The van der Waals surface area contributed by atoms with Crippen LogP contribution in [0.15, 0.2) is 53.2 Å². The second kappa shape index (κ2) is 8.61. The lowest BCUT2D eigenvalue weighted by molar-refractivity contribution is -0.128. The van der Waals surface area contributed by atoms with Crippen molar-refractivity contribution in [2.24, 2.45) is 0 Å². The number of carbonyl (C=O) groups is 1. The zero-order chi connectivity index (χ0) is 19.3. The van der Waals surface area contributed by atoms with E-state index in [1.54, 1.807) is 24.5 Å². The Hall–Kier alpha value is -2.60. The highest BCUT2D eigenvalue weighted by Crippen LogP contribution is 2.23. The van der Waals surface area contributed by atoms with Gasteiger partial charge in [0.2, 0.25) is 5.91 Å². The Balaban J connectivity index is 1.31. The topological polar surface area (TPSA) is 39.9 Å². The maximum Gasteiger partial charge on any atom is 0.246 e. The molecule has 0 bridgehead atoms. The molecule has 4 rings (SSSR count). The summed E-state index contributed by atoms with van der Waals surface area (Å²) in [7, 11) is 0. The lowest BCUT2D eigenvalue weighted by Gasteiger charge is -2.43. The van der Waals surface area contributed by atoms with Crippen LogP contribution in [0.4, 0.5) is 10.1 Å². The predicted molar refractivity (Wildman–Crippen MR) is 108 cm³/mol. The first-order chi connectivity index (χ1) is 13.7. The van der Waals surface area contributed by atoms with Crippen LogP contribution < -0.4 is 4.90 Å². The number of hydrogen-bond acceptors (Lipinski definition) is 4. The van der Waals surface area contributed by atoms with Gasteiger partial charge in [0.25, 0.3) is 0 Å². The fourth-order valence-corrected chi connectivity index (χ4v) is 4.13. The quantitative estimate of drug-likeness (QED) is 0.760. The molecule has 5 nitrogen and oxygen atoms in total. The Morgan fingerprint density at radius 3 is 2.64 bits per heavy atom. The number of nitrogens with zero attached hydrogens (tertiary/aromatic N) is 3. The highest BCUT2D eigenvalue weighted by atomic mass is 19.1. The molecule has 1 aromatic heterocycles. The van der Waals surface area contributed by atoms with E-state index in [9.17, 15) is 9.18 Å². The Bertz CT molecular complexity index is 813. The van der Waals surface area contributed by atoms with Gasteiger partial charge in [-0.2, -0.15) is 0 Å². The summed E-state index contributed by atoms with van der Waals surface area (Å²) in [4.78, 5) is 19.0. The number of halogens is 1. The second-order valence-electron chi connectivity index (χ2n) is 7.40. The van der Waals surface area contributed by atoms with Gasteiger partial charge >= 0.3 is 0 Å². The number of likely N-dealkylation sites (tertiary alicyclic amines) is 1. The van der Waals surface area contributed by atoms with Gasteiger partial charge < -0.3 is 14.2 Å². The van der Waals surface area contributed by atoms with Crippen LogP contribution in [-0.4, -0.2) is 61.0 Å². The lowest BCUT2D eigenvalue weighted by atomic mass is 10.0. The number of benzene rings is 1. The van der Waals surface area contributed by atoms with Crippen LogP contribution in [-0.2, 0) is 4.79 Å². The largest absolute Gasteiger partial charge is 0.465 e. The molecule has 2 aliphatic heterocycles. The third-order valence-electron chi connectivity index (χ3n) is 5.67. The number of para-hydroxylation sites is 1. The Morgan fingerprint density at radius 1 is 1.07 bits per heavy atom. The number of rotatable bonds is 4. The van der Waals surface area contributed by atoms with Gasteiger partial charge in [-0.1, -0.05) is 12.1 Å². The number of carbonyl (C=O) groups excluding carboxylic acids is 1. The fraction of sp³-hybridized carbons (Fsp3) is 0.409. The minimum Gasteiger partial charge on any atom is -0.465 e. The predicted octanol–water partition coefficient (Wildman–Crippen LogP) is 3.25. The molecule has 6 heteroatoms. The molecule has 1 amide bonds. The molecule has 0 radical (unpaired) electrons. The summed E-state index contributed by atoms with van der Waals surface area (Å²) < 4.78 is 19.3. The zero-order valence-electron chi connectivity index (χ0n) is 16.0. The highest BCUT2D eigenvalue weighted by molar-refractivity contribution is 5.91. The number of furan rings is 1. The summed E-state index contributed by atoms with van der Waals surface area (Å²) in [6.45, 7) is 4.95. The van der Waals surface area contributed by atoms with Crippen LogP contribution in [0, 0.1) is 5.82 Å². The van der Waals surface area contributed by atoms with E-state index in [1.807, 2.05) is 29.2 Å². The van der Waals surface area contributed by atoms with E-state index >= 15 is 0 Å². The summed E-state index contributed by atoms with van der Waals surface area (Å²) in [6, 6.07) is 11.0. The van der Waals surface area contributed by atoms with Crippen LogP contribution in [0.2, 0.25) is 0 Å². The van der Waals surface area contributed by atoms with E-state index in [2.05, 4.69) is 9.80 Å². The van der Waals surface area contributed by atoms with E-state index in [0.717, 1.165) is 52.1 Å². The van der Waals surface area contributed by atoms with Gasteiger partial charge in [0.15, 0.2) is 0 Å². The van der Waals surface area contributed by atoms with Gasteiger partial charge in [-0.05, 0) is 43.2 Å². The molecule has 3 heterocycles. The first-order valence-electron chi connectivity index (χ1n) is 9.95. The van der Waals surface area contributed by atoms with Crippen molar-refractivity contribution in [3.63, 3.8) is 0 Å². The molecular formula is C22H26FN3O2. The monoisotopic (exact) mass is 383 g/mol. The summed E-state index contributed by atoms with van der Waals surface area (Å²) >= 11 is 0. The summed E-state index contributed by atoms with van der Waals surface area (Å²) in [6.07, 6.45) is 7.03. The Kier molecular flexibility index (Phi) is 5.76. The van der Waals surface area contributed by atoms with Crippen molar-refractivity contribution >= 4 is 17.7 Å². The molecule has 2 aliphatic rings. The van der Waals surface area contributed by atoms with E-state index in [4.69, 9.17) is 4.42 Å². The summed E-state index contributed by atoms with van der Waals surface area (Å²) in [5, 5.41) is 0. The molecule has 2 saturated heterocycles. The average molecular weight is 383 g/mol. The van der Waals surface area contributed by atoms with Crippen LogP contribution in [0.1, 0.15) is 18.6 Å². The third-order valence-corrected chi connectivity index (χ3v) is 5.67. The Morgan fingerprint density at radius 2 is 1.89 bits per heavy atom. The van der Waals surface area contributed by atoms with Crippen molar-refractivity contribution in [3.05, 3.63) is 60.3 Å². The van der Waals surface area contributed by atoms with Gasteiger partial charge in [-0.25, -0.2) is 4.39 Å². The van der Waals surface area contributed by atoms with Crippen molar-refractivity contribution in [2.75, 3.05) is 44.2 Å². The minimum atomic E-state index is -0.159. The van der Waals surface area contributed by atoms with Crippen LogP contribution in [0.3, 0.4) is 0 Å². The maximum atomic E-state index is 14.0. The molecule has 1 aromatic carbocycles. The molecule has 0 spiro atoms. The fourth-order valence-electron chi connectivity index (χ4n) is 4.13. The van der Waals surface area contributed by atoms with Gasteiger partial charge in [0.05, 0.1) is 12.0 Å². The van der Waals surface area contributed by atoms with E-state index in [0.29, 0.717) is 17.5 Å². The molecule has 0 aliphatic carbocycles. The van der Waals surface area contributed by atoms with Gasteiger partial charge in [0, 0.05) is 51.4 Å². The molecule has 0 saturated carbocycles. The number of hydrogen-bond donors (Lipinski definition) is 0. The normalized spacial score (nSPS) is 21.4. The summed E-state index contributed by atoms with van der Waals surface area (Å²) in [5.41, 5.74) is 0.686. The van der Waals surface area contributed by atoms with E-state index < -0.39 is 0 Å². The lowest BCUT2D eigenvalue weighted by Crippen LogP contribution is -2.55. The van der Waals surface area contributed by atoms with Gasteiger partial charge in [0.1, 0.15) is 11.6 Å². The minimum absolute atomic E-state index is 0.0334. The smallest absolute Gasteiger partial charge is 0.246 e. The summed E-state index contributed by atoms with van der Waals surface area (Å²) in [5.74, 6) is 0.561. The molecular weight excluding hydrogens is 357 g/mol. The van der Waals surface area contributed by atoms with Crippen molar-refractivity contribution < 1.29 is 13.6 Å². The molecule has 1 atom stereocenters. The molecule has 2 fully saturated rings. The van der Waals surface area contributed by atoms with Crippen molar-refractivity contribution in [2.45, 2.75) is 18.9 Å². The van der Waals surface area contributed by atoms with Crippen LogP contribution >= 0.6 is 0 Å². The van der Waals surface area contributed by atoms with Gasteiger partial charge in [-0.15, -0.1) is 0 Å². The molecule has 2 aromatic rings. The van der Waals surface area contributed by atoms with E-state index in [-0.39, 0.29) is 11.7 Å². The number of piperidine rings is 1. The molecule has 0 unspecified atom stereocenters. The molecule has 148 valence electrons.